The fraction of sp³-hybridized carbons (Fsp3) is 0.538. The van der Waals surface area contributed by atoms with Gasteiger partial charge in [-0.1, -0.05) is 13.0 Å². The molecule has 1 rings (SSSR count). The molecule has 2 unspecified atom stereocenters. The molecule has 1 aromatic carbocycles. The molecule has 96 valence electrons. The summed E-state index contributed by atoms with van der Waals surface area (Å²) in [6, 6.07) is 5.11. The van der Waals surface area contributed by atoms with E-state index in [0.29, 0.717) is 4.47 Å². The van der Waals surface area contributed by atoms with E-state index in [4.69, 9.17) is 0 Å². The van der Waals surface area contributed by atoms with Crippen molar-refractivity contribution in [2.75, 3.05) is 6.61 Å². The van der Waals surface area contributed by atoms with E-state index in [1.54, 1.807) is 12.1 Å². The van der Waals surface area contributed by atoms with Crippen molar-refractivity contribution in [1.29, 1.82) is 0 Å². The lowest BCUT2D eigenvalue weighted by Gasteiger charge is -2.32. The van der Waals surface area contributed by atoms with Crippen molar-refractivity contribution < 1.29 is 9.50 Å². The molecule has 0 aliphatic carbocycles. The molecule has 0 fully saturated rings. The third-order valence-corrected chi connectivity index (χ3v) is 3.66. The van der Waals surface area contributed by atoms with Gasteiger partial charge in [-0.05, 0) is 53.9 Å². The van der Waals surface area contributed by atoms with Crippen molar-refractivity contribution in [3.63, 3.8) is 0 Å². The molecule has 2 N–H and O–H groups in total. The molecule has 2 nitrogen and oxygen atoms in total. The normalized spacial score (nSPS) is 16.6. The molecule has 0 amide bonds. The van der Waals surface area contributed by atoms with Gasteiger partial charge in [-0.2, -0.15) is 0 Å². The predicted octanol–water partition coefficient (Wildman–Crippen LogP) is 3.18. The van der Waals surface area contributed by atoms with E-state index in [-0.39, 0.29) is 18.5 Å². The molecule has 0 heterocycles. The molecule has 1 aromatic rings. The molecule has 17 heavy (non-hydrogen) atoms. The largest absolute Gasteiger partial charge is 0.394 e. The first-order valence-electron chi connectivity index (χ1n) is 5.77. The van der Waals surface area contributed by atoms with Crippen molar-refractivity contribution in [1.82, 2.24) is 5.32 Å². The zero-order valence-corrected chi connectivity index (χ0v) is 12.0. The summed E-state index contributed by atoms with van der Waals surface area (Å²) in [5, 5.41) is 12.9. The summed E-state index contributed by atoms with van der Waals surface area (Å²) < 4.78 is 13.6. The maximum atomic E-state index is 13.2. The summed E-state index contributed by atoms with van der Waals surface area (Å²) >= 11 is 3.17. The number of aliphatic hydroxyl groups excluding tert-OH is 1. The Hall–Kier alpha value is -0.450. The third-order valence-electron chi connectivity index (χ3n) is 3.05. The van der Waals surface area contributed by atoms with E-state index in [1.165, 1.54) is 6.07 Å². The lowest BCUT2D eigenvalue weighted by Crippen LogP contribution is -2.47. The van der Waals surface area contributed by atoms with Gasteiger partial charge in [0.1, 0.15) is 5.82 Å². The summed E-state index contributed by atoms with van der Waals surface area (Å²) in [7, 11) is 0. The Bertz CT molecular complexity index is 386. The maximum Gasteiger partial charge on any atom is 0.137 e. The van der Waals surface area contributed by atoms with Crippen molar-refractivity contribution in [3.05, 3.63) is 34.1 Å². The van der Waals surface area contributed by atoms with Gasteiger partial charge in [-0.15, -0.1) is 0 Å². The fourth-order valence-corrected chi connectivity index (χ4v) is 2.08. The summed E-state index contributed by atoms with van der Waals surface area (Å²) in [4.78, 5) is 0. The maximum absolute atomic E-state index is 13.2. The lowest BCUT2D eigenvalue weighted by atomic mass is 9.91. The van der Waals surface area contributed by atoms with Crippen LogP contribution in [0.4, 0.5) is 4.39 Å². The van der Waals surface area contributed by atoms with Crippen LogP contribution in [0, 0.1) is 5.82 Å². The standard InChI is InChI=1S/C13H19BrFNO/c1-4-9(2)16-13(3,8-17)10-5-6-12(15)11(14)7-10/h5-7,9,16-17H,4,8H2,1-3H3. The van der Waals surface area contributed by atoms with E-state index >= 15 is 0 Å². The number of hydrogen-bond donors (Lipinski definition) is 2. The summed E-state index contributed by atoms with van der Waals surface area (Å²) in [6.07, 6.45) is 0.970. The van der Waals surface area contributed by atoms with Gasteiger partial charge in [0.15, 0.2) is 0 Å². The molecule has 0 saturated carbocycles. The van der Waals surface area contributed by atoms with E-state index in [9.17, 15) is 9.50 Å². The number of rotatable bonds is 5. The van der Waals surface area contributed by atoms with E-state index in [2.05, 4.69) is 35.1 Å². The highest BCUT2D eigenvalue weighted by molar-refractivity contribution is 9.10. The minimum absolute atomic E-state index is 0.0323. The Labute approximate surface area is 110 Å². The second-order valence-electron chi connectivity index (χ2n) is 4.57. The van der Waals surface area contributed by atoms with Crippen LogP contribution in [0.25, 0.3) is 0 Å². The molecule has 2 atom stereocenters. The van der Waals surface area contributed by atoms with Gasteiger partial charge < -0.3 is 10.4 Å². The zero-order chi connectivity index (χ0) is 13.1. The second kappa shape index (κ2) is 5.94. The van der Waals surface area contributed by atoms with Crippen molar-refractivity contribution in [2.45, 2.75) is 38.8 Å². The smallest absolute Gasteiger partial charge is 0.137 e. The average molecular weight is 304 g/mol. The topological polar surface area (TPSA) is 32.3 Å². The van der Waals surface area contributed by atoms with Gasteiger partial charge in [0.25, 0.3) is 0 Å². The van der Waals surface area contributed by atoms with Crippen LogP contribution in [-0.2, 0) is 5.54 Å². The first kappa shape index (κ1) is 14.6. The molecule has 0 aromatic heterocycles. The molecule has 0 saturated heterocycles. The van der Waals surface area contributed by atoms with Gasteiger partial charge in [0, 0.05) is 6.04 Å². The predicted molar refractivity (Wildman–Crippen MR) is 71.4 cm³/mol. The Balaban J connectivity index is 3.02. The molecule has 0 spiro atoms. The highest BCUT2D eigenvalue weighted by Crippen LogP contribution is 2.26. The van der Waals surface area contributed by atoms with Crippen LogP contribution in [0.5, 0.6) is 0 Å². The first-order valence-corrected chi connectivity index (χ1v) is 6.56. The number of hydrogen-bond acceptors (Lipinski definition) is 2. The minimum Gasteiger partial charge on any atom is -0.394 e. The number of benzene rings is 1. The van der Waals surface area contributed by atoms with E-state index in [1.807, 2.05) is 6.92 Å². The summed E-state index contributed by atoms with van der Waals surface area (Å²) in [5.41, 5.74) is 0.319. The van der Waals surface area contributed by atoms with Crippen LogP contribution < -0.4 is 5.32 Å². The van der Waals surface area contributed by atoms with E-state index in [0.717, 1.165) is 12.0 Å². The van der Waals surface area contributed by atoms with Crippen LogP contribution in [0.2, 0.25) is 0 Å². The fourth-order valence-electron chi connectivity index (χ4n) is 1.71. The molecule has 0 aliphatic heterocycles. The van der Waals surface area contributed by atoms with Crippen LogP contribution in [-0.4, -0.2) is 17.8 Å². The Morgan fingerprint density at radius 2 is 2.18 bits per heavy atom. The molecular formula is C13H19BrFNO. The highest BCUT2D eigenvalue weighted by Gasteiger charge is 2.27. The Morgan fingerprint density at radius 3 is 2.65 bits per heavy atom. The third kappa shape index (κ3) is 3.50. The lowest BCUT2D eigenvalue weighted by molar-refractivity contribution is 0.162. The van der Waals surface area contributed by atoms with Crippen molar-refractivity contribution in [3.8, 4) is 0 Å². The van der Waals surface area contributed by atoms with Crippen LogP contribution in [0.1, 0.15) is 32.8 Å². The SMILES string of the molecule is CCC(C)NC(C)(CO)c1ccc(F)c(Br)c1. The van der Waals surface area contributed by atoms with Crippen molar-refractivity contribution >= 4 is 15.9 Å². The van der Waals surface area contributed by atoms with Gasteiger partial charge in [-0.3, -0.25) is 0 Å². The average Bonchev–Trinajstić information content (AvgIpc) is 2.32. The molecule has 0 radical (unpaired) electrons. The quantitative estimate of drug-likeness (QED) is 0.875. The number of nitrogens with one attached hydrogen (secondary N) is 1. The number of aliphatic hydroxyl groups is 1. The van der Waals surface area contributed by atoms with Gasteiger partial charge in [-0.25, -0.2) is 4.39 Å². The molecule has 4 heteroatoms. The van der Waals surface area contributed by atoms with Crippen LogP contribution in [0.15, 0.2) is 22.7 Å². The Morgan fingerprint density at radius 1 is 1.53 bits per heavy atom. The first-order chi connectivity index (χ1) is 7.92. The Kier molecular flexibility index (Phi) is 5.10. The van der Waals surface area contributed by atoms with E-state index < -0.39 is 5.54 Å². The molecule has 0 bridgehead atoms. The van der Waals surface area contributed by atoms with Crippen LogP contribution >= 0.6 is 15.9 Å². The van der Waals surface area contributed by atoms with Crippen LogP contribution in [0.3, 0.4) is 0 Å². The monoisotopic (exact) mass is 303 g/mol. The van der Waals surface area contributed by atoms with Gasteiger partial charge in [0.05, 0.1) is 16.6 Å². The summed E-state index contributed by atoms with van der Waals surface area (Å²) in [6.45, 7) is 6.02. The molecular weight excluding hydrogens is 285 g/mol. The number of halogens is 2. The highest BCUT2D eigenvalue weighted by atomic mass is 79.9. The minimum atomic E-state index is -0.550. The zero-order valence-electron chi connectivity index (χ0n) is 10.4. The van der Waals surface area contributed by atoms with Crippen molar-refractivity contribution in [2.24, 2.45) is 0 Å². The summed E-state index contributed by atoms with van der Waals surface area (Å²) in [5.74, 6) is -0.294. The van der Waals surface area contributed by atoms with Gasteiger partial charge >= 0.3 is 0 Å². The second-order valence-corrected chi connectivity index (χ2v) is 5.43. The van der Waals surface area contributed by atoms with Gasteiger partial charge in [0.2, 0.25) is 0 Å². The molecule has 0 aliphatic rings.